The van der Waals surface area contributed by atoms with E-state index in [1.807, 2.05) is 0 Å². The highest BCUT2D eigenvalue weighted by Crippen LogP contribution is 2.08. The van der Waals surface area contributed by atoms with Crippen LogP contribution < -0.4 is 27.8 Å². The monoisotopic (exact) mass is 356 g/mol. The summed E-state index contributed by atoms with van der Waals surface area (Å²) in [5.74, 6) is 0.366. The SMILES string of the molecule is NCCCNCCCCNC(=O)CCCCCCCCCN=C(N)N. The van der Waals surface area contributed by atoms with Gasteiger partial charge in [0.1, 0.15) is 0 Å². The van der Waals surface area contributed by atoms with Crippen molar-refractivity contribution in [2.45, 2.75) is 70.6 Å². The number of carbonyl (C=O) groups is 1. The molecular weight excluding hydrogens is 316 g/mol. The van der Waals surface area contributed by atoms with E-state index >= 15 is 0 Å². The highest BCUT2D eigenvalue weighted by molar-refractivity contribution is 5.75. The highest BCUT2D eigenvalue weighted by atomic mass is 16.1. The number of rotatable bonds is 18. The summed E-state index contributed by atoms with van der Waals surface area (Å²) in [6.45, 7) is 4.24. The fourth-order valence-corrected chi connectivity index (χ4v) is 2.53. The van der Waals surface area contributed by atoms with E-state index < -0.39 is 0 Å². The van der Waals surface area contributed by atoms with Crippen LogP contribution in [-0.4, -0.2) is 44.6 Å². The number of amides is 1. The lowest BCUT2D eigenvalue weighted by Gasteiger charge is -2.06. The first-order chi connectivity index (χ1) is 12.2. The maximum Gasteiger partial charge on any atom is 0.219 e. The highest BCUT2D eigenvalue weighted by Gasteiger charge is 2.00. The van der Waals surface area contributed by atoms with Crippen molar-refractivity contribution in [3.63, 3.8) is 0 Å². The fraction of sp³-hybridized carbons (Fsp3) is 0.889. The zero-order chi connectivity index (χ0) is 18.6. The zero-order valence-electron chi connectivity index (χ0n) is 15.9. The molecule has 25 heavy (non-hydrogen) atoms. The molecular formula is C18H40N6O. The standard InChI is InChI=1S/C18H40N6O/c19-12-10-14-22-13-8-9-15-23-17(25)11-6-4-2-1-3-5-7-16-24-18(20)21/h22H,1-16,19H2,(H,23,25)(H4,20,21,24). The first-order valence-corrected chi connectivity index (χ1v) is 9.89. The third-order valence-electron chi connectivity index (χ3n) is 4.02. The van der Waals surface area contributed by atoms with E-state index in [1.165, 1.54) is 25.7 Å². The molecule has 0 aromatic carbocycles. The minimum atomic E-state index is 0.178. The van der Waals surface area contributed by atoms with Gasteiger partial charge >= 0.3 is 0 Å². The molecule has 0 rings (SSSR count). The van der Waals surface area contributed by atoms with Gasteiger partial charge in [-0.2, -0.15) is 0 Å². The fourth-order valence-electron chi connectivity index (χ4n) is 2.53. The first-order valence-electron chi connectivity index (χ1n) is 9.89. The van der Waals surface area contributed by atoms with E-state index in [0.717, 1.165) is 71.2 Å². The summed E-state index contributed by atoms with van der Waals surface area (Å²) in [5, 5.41) is 6.34. The van der Waals surface area contributed by atoms with Gasteiger partial charge in [-0.05, 0) is 51.7 Å². The van der Waals surface area contributed by atoms with Crippen molar-refractivity contribution in [1.82, 2.24) is 10.6 Å². The number of hydrogen-bond donors (Lipinski definition) is 5. The van der Waals surface area contributed by atoms with Crippen molar-refractivity contribution in [3.8, 4) is 0 Å². The van der Waals surface area contributed by atoms with Crippen molar-refractivity contribution in [1.29, 1.82) is 0 Å². The summed E-state index contributed by atoms with van der Waals surface area (Å²) in [6, 6.07) is 0. The average molecular weight is 357 g/mol. The normalized spacial score (nSPS) is 10.6. The minimum absolute atomic E-state index is 0.178. The Morgan fingerprint density at radius 3 is 2.04 bits per heavy atom. The Morgan fingerprint density at radius 1 is 0.760 bits per heavy atom. The van der Waals surface area contributed by atoms with Gasteiger partial charge in [0.2, 0.25) is 5.91 Å². The Bertz CT molecular complexity index is 332. The molecule has 0 radical (unpaired) electrons. The number of nitrogens with two attached hydrogens (primary N) is 3. The van der Waals surface area contributed by atoms with E-state index in [-0.39, 0.29) is 11.9 Å². The van der Waals surface area contributed by atoms with Crippen LogP contribution in [0.3, 0.4) is 0 Å². The molecule has 8 N–H and O–H groups in total. The lowest BCUT2D eigenvalue weighted by molar-refractivity contribution is -0.121. The van der Waals surface area contributed by atoms with E-state index in [4.69, 9.17) is 17.2 Å². The quantitative estimate of drug-likeness (QED) is 0.143. The van der Waals surface area contributed by atoms with Gasteiger partial charge < -0.3 is 27.8 Å². The van der Waals surface area contributed by atoms with Crippen molar-refractivity contribution in [3.05, 3.63) is 0 Å². The van der Waals surface area contributed by atoms with Crippen molar-refractivity contribution < 1.29 is 4.79 Å². The van der Waals surface area contributed by atoms with Crippen LogP contribution in [-0.2, 0) is 4.79 Å². The summed E-state index contributed by atoms with van der Waals surface area (Å²) in [7, 11) is 0. The number of unbranched alkanes of at least 4 members (excludes halogenated alkanes) is 7. The number of carbonyl (C=O) groups excluding carboxylic acids is 1. The molecule has 0 saturated heterocycles. The molecule has 0 saturated carbocycles. The average Bonchev–Trinajstić information content (AvgIpc) is 2.58. The van der Waals surface area contributed by atoms with Crippen LogP contribution in [0.5, 0.6) is 0 Å². The van der Waals surface area contributed by atoms with Crippen molar-refractivity contribution in [2.24, 2.45) is 22.2 Å². The predicted octanol–water partition coefficient (Wildman–Crippen LogP) is 1.22. The van der Waals surface area contributed by atoms with Gasteiger partial charge in [0.25, 0.3) is 0 Å². The van der Waals surface area contributed by atoms with Crippen molar-refractivity contribution >= 4 is 11.9 Å². The van der Waals surface area contributed by atoms with Gasteiger partial charge in [-0.15, -0.1) is 0 Å². The summed E-state index contributed by atoms with van der Waals surface area (Å²) in [5.41, 5.74) is 16.0. The number of nitrogens with zero attached hydrogens (tertiary/aromatic N) is 1. The van der Waals surface area contributed by atoms with Gasteiger partial charge in [-0.3, -0.25) is 9.79 Å². The summed E-state index contributed by atoms with van der Waals surface area (Å²) in [6.07, 6.45) is 11.8. The second-order valence-electron chi connectivity index (χ2n) is 6.48. The molecule has 0 aromatic heterocycles. The van der Waals surface area contributed by atoms with E-state index in [0.29, 0.717) is 6.42 Å². The summed E-state index contributed by atoms with van der Waals surface area (Å²) in [4.78, 5) is 15.7. The van der Waals surface area contributed by atoms with Crippen LogP contribution in [0.4, 0.5) is 0 Å². The lowest BCUT2D eigenvalue weighted by atomic mass is 10.1. The number of aliphatic imine (C=N–C) groups is 1. The minimum Gasteiger partial charge on any atom is -0.370 e. The van der Waals surface area contributed by atoms with E-state index in [1.54, 1.807) is 0 Å². The van der Waals surface area contributed by atoms with Crippen LogP contribution in [0.1, 0.15) is 70.6 Å². The predicted molar refractivity (Wildman–Crippen MR) is 106 cm³/mol. The molecule has 148 valence electrons. The molecule has 0 bridgehead atoms. The molecule has 0 fully saturated rings. The smallest absolute Gasteiger partial charge is 0.219 e. The van der Waals surface area contributed by atoms with E-state index in [9.17, 15) is 4.79 Å². The van der Waals surface area contributed by atoms with Gasteiger partial charge in [0.05, 0.1) is 0 Å². The zero-order valence-corrected chi connectivity index (χ0v) is 15.9. The molecule has 0 atom stereocenters. The summed E-state index contributed by atoms with van der Waals surface area (Å²) >= 11 is 0. The van der Waals surface area contributed by atoms with Crippen LogP contribution >= 0.6 is 0 Å². The van der Waals surface area contributed by atoms with Gasteiger partial charge in [-0.25, -0.2) is 0 Å². The number of hydrogen-bond acceptors (Lipinski definition) is 4. The molecule has 0 aliphatic rings. The Balaban J connectivity index is 3.19. The molecule has 7 nitrogen and oxygen atoms in total. The molecule has 0 heterocycles. The third-order valence-corrected chi connectivity index (χ3v) is 4.02. The number of nitrogens with one attached hydrogen (secondary N) is 2. The topological polar surface area (TPSA) is 132 Å². The molecule has 0 spiro atoms. The molecule has 0 aliphatic carbocycles. The van der Waals surface area contributed by atoms with Crippen LogP contribution in [0.2, 0.25) is 0 Å². The Kier molecular flexibility index (Phi) is 18.0. The van der Waals surface area contributed by atoms with Gasteiger partial charge in [0.15, 0.2) is 5.96 Å². The van der Waals surface area contributed by atoms with Crippen molar-refractivity contribution in [2.75, 3.05) is 32.7 Å². The largest absolute Gasteiger partial charge is 0.370 e. The summed E-state index contributed by atoms with van der Waals surface area (Å²) < 4.78 is 0. The van der Waals surface area contributed by atoms with E-state index in [2.05, 4.69) is 15.6 Å². The Morgan fingerprint density at radius 2 is 1.36 bits per heavy atom. The van der Waals surface area contributed by atoms with Crippen LogP contribution in [0.15, 0.2) is 4.99 Å². The Labute approximate surface area is 153 Å². The Hall–Kier alpha value is -1.34. The maximum absolute atomic E-state index is 11.7. The molecule has 1 amide bonds. The third kappa shape index (κ3) is 20.6. The maximum atomic E-state index is 11.7. The second kappa shape index (κ2) is 19.0. The molecule has 0 aromatic rings. The number of guanidine groups is 1. The molecule has 0 unspecified atom stereocenters. The van der Waals surface area contributed by atoms with Gasteiger partial charge in [-0.1, -0.05) is 32.1 Å². The lowest BCUT2D eigenvalue weighted by Crippen LogP contribution is -2.25. The first kappa shape index (κ1) is 23.7. The molecule has 7 heteroatoms. The molecule has 0 aliphatic heterocycles. The second-order valence-corrected chi connectivity index (χ2v) is 6.48. The van der Waals surface area contributed by atoms with Crippen LogP contribution in [0, 0.1) is 0 Å². The van der Waals surface area contributed by atoms with Gasteiger partial charge in [0, 0.05) is 19.5 Å². The van der Waals surface area contributed by atoms with Crippen LogP contribution in [0.25, 0.3) is 0 Å².